The van der Waals surface area contributed by atoms with Crippen LogP contribution in [-0.2, 0) is 0 Å². The highest BCUT2D eigenvalue weighted by Gasteiger charge is 2.29. The molecule has 17 heavy (non-hydrogen) atoms. The Kier molecular flexibility index (Phi) is 7.56. The van der Waals surface area contributed by atoms with Crippen molar-refractivity contribution in [1.29, 1.82) is 0 Å². The third-order valence-corrected chi connectivity index (χ3v) is 5.56. The van der Waals surface area contributed by atoms with Gasteiger partial charge in [-0.05, 0) is 43.4 Å². The maximum atomic E-state index is 9.10. The van der Waals surface area contributed by atoms with Crippen molar-refractivity contribution in [3.05, 3.63) is 0 Å². The minimum absolute atomic E-state index is 0.322. The molecular weight excluding hydrogens is 230 g/mol. The fraction of sp³-hybridized carbons (Fsp3) is 1.00. The molecule has 0 saturated heterocycles. The van der Waals surface area contributed by atoms with Crippen molar-refractivity contribution in [1.82, 2.24) is 5.32 Å². The number of nitrogens with one attached hydrogen (secondary N) is 1. The number of rotatable bonds is 7. The summed E-state index contributed by atoms with van der Waals surface area (Å²) in [6.07, 6.45) is 5.40. The summed E-state index contributed by atoms with van der Waals surface area (Å²) < 4.78 is 0. The molecule has 1 aliphatic carbocycles. The number of thioether (sulfide) groups is 1. The average Bonchev–Trinajstić information content (AvgIpc) is 2.37. The lowest BCUT2D eigenvalue weighted by Gasteiger charge is -2.36. The zero-order valence-electron chi connectivity index (χ0n) is 11.6. The fourth-order valence-electron chi connectivity index (χ4n) is 2.60. The molecule has 0 bridgehead atoms. The van der Waals surface area contributed by atoms with E-state index in [1.54, 1.807) is 0 Å². The quantitative estimate of drug-likeness (QED) is 0.737. The summed E-state index contributed by atoms with van der Waals surface area (Å²) in [5.41, 5.74) is 0. The Labute approximate surface area is 111 Å². The molecule has 0 aromatic carbocycles. The topological polar surface area (TPSA) is 32.3 Å². The molecule has 0 amide bonds. The molecule has 0 aromatic rings. The second kappa shape index (κ2) is 8.39. The standard InChI is InChI=1S/C14H29NOS/c1-4-12-6-7-13(15-5-2)14(8-12)17-10-11(3)9-16/h11-16H,4-10H2,1-3H3. The third-order valence-electron chi connectivity index (χ3n) is 3.85. The highest BCUT2D eigenvalue weighted by Crippen LogP contribution is 2.34. The Morgan fingerprint density at radius 2 is 2.12 bits per heavy atom. The van der Waals surface area contributed by atoms with Crippen LogP contribution in [0.4, 0.5) is 0 Å². The van der Waals surface area contributed by atoms with Crippen LogP contribution in [-0.4, -0.2) is 35.3 Å². The smallest absolute Gasteiger partial charge is 0.0464 e. The summed E-state index contributed by atoms with van der Waals surface area (Å²) in [6.45, 7) is 8.05. The Balaban J connectivity index is 2.42. The number of hydrogen-bond acceptors (Lipinski definition) is 3. The van der Waals surface area contributed by atoms with Gasteiger partial charge in [0.2, 0.25) is 0 Å². The molecule has 1 rings (SSSR count). The van der Waals surface area contributed by atoms with Crippen LogP contribution in [0.2, 0.25) is 0 Å². The Bertz CT molecular complexity index is 201. The first-order valence-corrected chi connectivity index (χ1v) is 8.21. The minimum atomic E-state index is 0.322. The van der Waals surface area contributed by atoms with Gasteiger partial charge >= 0.3 is 0 Å². The zero-order valence-corrected chi connectivity index (χ0v) is 12.4. The van der Waals surface area contributed by atoms with Gasteiger partial charge in [0.25, 0.3) is 0 Å². The zero-order chi connectivity index (χ0) is 12.7. The van der Waals surface area contributed by atoms with E-state index < -0.39 is 0 Å². The van der Waals surface area contributed by atoms with E-state index in [0.717, 1.165) is 23.5 Å². The SMILES string of the molecule is CCNC1CCC(CC)CC1SCC(C)CO. The first kappa shape index (κ1) is 15.3. The van der Waals surface area contributed by atoms with Gasteiger partial charge in [0.15, 0.2) is 0 Å². The van der Waals surface area contributed by atoms with Gasteiger partial charge in [0.05, 0.1) is 0 Å². The van der Waals surface area contributed by atoms with Gasteiger partial charge in [-0.1, -0.05) is 27.2 Å². The number of aliphatic hydroxyl groups excluding tert-OH is 1. The van der Waals surface area contributed by atoms with Crippen molar-refractivity contribution >= 4 is 11.8 Å². The van der Waals surface area contributed by atoms with Crippen molar-refractivity contribution in [2.75, 3.05) is 18.9 Å². The Morgan fingerprint density at radius 1 is 1.35 bits per heavy atom. The normalized spacial score (nSPS) is 31.4. The highest BCUT2D eigenvalue weighted by molar-refractivity contribution is 7.99. The second-order valence-corrected chi connectivity index (χ2v) is 6.68. The van der Waals surface area contributed by atoms with Gasteiger partial charge in [0.1, 0.15) is 0 Å². The molecule has 2 N–H and O–H groups in total. The van der Waals surface area contributed by atoms with E-state index in [4.69, 9.17) is 5.11 Å². The van der Waals surface area contributed by atoms with Crippen molar-refractivity contribution in [2.24, 2.45) is 11.8 Å². The van der Waals surface area contributed by atoms with E-state index in [2.05, 4.69) is 37.8 Å². The molecule has 3 heteroatoms. The average molecular weight is 259 g/mol. The predicted octanol–water partition coefficient (Wildman–Crippen LogP) is 2.90. The minimum Gasteiger partial charge on any atom is -0.396 e. The molecule has 0 spiro atoms. The fourth-order valence-corrected chi connectivity index (χ4v) is 4.16. The van der Waals surface area contributed by atoms with Crippen LogP contribution >= 0.6 is 11.8 Å². The van der Waals surface area contributed by atoms with Gasteiger partial charge in [0, 0.05) is 17.9 Å². The summed E-state index contributed by atoms with van der Waals surface area (Å²) >= 11 is 2.07. The molecule has 0 aromatic heterocycles. The second-order valence-electron chi connectivity index (χ2n) is 5.41. The van der Waals surface area contributed by atoms with Crippen LogP contribution in [0, 0.1) is 11.8 Å². The highest BCUT2D eigenvalue weighted by atomic mass is 32.2. The monoisotopic (exact) mass is 259 g/mol. The van der Waals surface area contributed by atoms with E-state index in [1.165, 1.54) is 25.7 Å². The summed E-state index contributed by atoms with van der Waals surface area (Å²) in [5, 5.41) is 13.5. The largest absolute Gasteiger partial charge is 0.396 e. The van der Waals surface area contributed by atoms with Gasteiger partial charge < -0.3 is 10.4 Å². The van der Waals surface area contributed by atoms with Crippen molar-refractivity contribution in [3.63, 3.8) is 0 Å². The predicted molar refractivity (Wildman–Crippen MR) is 77.6 cm³/mol. The van der Waals surface area contributed by atoms with Crippen LogP contribution in [0.1, 0.15) is 46.5 Å². The van der Waals surface area contributed by atoms with Gasteiger partial charge in [-0.2, -0.15) is 11.8 Å². The van der Waals surface area contributed by atoms with Gasteiger partial charge in [-0.3, -0.25) is 0 Å². The molecule has 4 atom stereocenters. The summed E-state index contributed by atoms with van der Waals surface area (Å²) in [7, 11) is 0. The van der Waals surface area contributed by atoms with Crippen molar-refractivity contribution < 1.29 is 5.11 Å². The number of aliphatic hydroxyl groups is 1. The molecule has 2 nitrogen and oxygen atoms in total. The van der Waals surface area contributed by atoms with Crippen LogP contribution in [0.3, 0.4) is 0 Å². The van der Waals surface area contributed by atoms with Crippen molar-refractivity contribution in [2.45, 2.75) is 57.7 Å². The van der Waals surface area contributed by atoms with E-state index >= 15 is 0 Å². The first-order valence-electron chi connectivity index (χ1n) is 7.17. The maximum Gasteiger partial charge on any atom is 0.0464 e. The van der Waals surface area contributed by atoms with Crippen LogP contribution < -0.4 is 5.32 Å². The maximum absolute atomic E-state index is 9.10. The van der Waals surface area contributed by atoms with E-state index in [9.17, 15) is 0 Å². The molecular formula is C14H29NOS. The summed E-state index contributed by atoms with van der Waals surface area (Å²) in [4.78, 5) is 0. The van der Waals surface area contributed by atoms with E-state index in [0.29, 0.717) is 18.6 Å². The van der Waals surface area contributed by atoms with Crippen LogP contribution in [0.15, 0.2) is 0 Å². The van der Waals surface area contributed by atoms with Crippen LogP contribution in [0.25, 0.3) is 0 Å². The molecule has 1 saturated carbocycles. The van der Waals surface area contributed by atoms with E-state index in [-0.39, 0.29) is 0 Å². The molecule has 102 valence electrons. The lowest BCUT2D eigenvalue weighted by Crippen LogP contribution is -2.42. The molecule has 1 fully saturated rings. The van der Waals surface area contributed by atoms with Crippen molar-refractivity contribution in [3.8, 4) is 0 Å². The third kappa shape index (κ3) is 5.19. The number of hydrogen-bond donors (Lipinski definition) is 2. The van der Waals surface area contributed by atoms with Gasteiger partial charge in [-0.15, -0.1) is 0 Å². The Hall–Kier alpha value is 0.270. The molecule has 4 unspecified atom stereocenters. The first-order chi connectivity index (χ1) is 8.21. The lowest BCUT2D eigenvalue weighted by atomic mass is 9.84. The Morgan fingerprint density at radius 3 is 2.71 bits per heavy atom. The molecule has 0 heterocycles. The molecule has 1 aliphatic rings. The van der Waals surface area contributed by atoms with E-state index in [1.807, 2.05) is 0 Å². The molecule has 0 aliphatic heterocycles. The van der Waals surface area contributed by atoms with Gasteiger partial charge in [-0.25, -0.2) is 0 Å². The lowest BCUT2D eigenvalue weighted by molar-refractivity contribution is 0.250. The summed E-state index contributed by atoms with van der Waals surface area (Å²) in [6, 6.07) is 0.693. The summed E-state index contributed by atoms with van der Waals surface area (Å²) in [5.74, 6) is 2.45. The van der Waals surface area contributed by atoms with Crippen LogP contribution in [0.5, 0.6) is 0 Å². The molecule has 0 radical (unpaired) electrons.